The van der Waals surface area contributed by atoms with Crippen LogP contribution < -0.4 is 20.4 Å². The average molecular weight is 505 g/mol. The van der Waals surface area contributed by atoms with E-state index in [0.717, 1.165) is 56.1 Å². The number of rotatable bonds is 5. The van der Waals surface area contributed by atoms with Crippen molar-refractivity contribution in [2.24, 2.45) is 0 Å². The SMILES string of the molecule is CC(C)(O)CN1CCN(c2ccc(Nc3ncc4c(n3)N3C(C=C4)C(=O)NCC34CCCC4)nc2)CC1. The largest absolute Gasteiger partial charge is 0.389 e. The summed E-state index contributed by atoms with van der Waals surface area (Å²) in [5.74, 6) is 2.01. The molecule has 1 aliphatic carbocycles. The second kappa shape index (κ2) is 9.25. The summed E-state index contributed by atoms with van der Waals surface area (Å²) < 4.78 is 0. The molecule has 0 radical (unpaired) electrons. The van der Waals surface area contributed by atoms with Gasteiger partial charge in [0.2, 0.25) is 11.9 Å². The van der Waals surface area contributed by atoms with Gasteiger partial charge in [0.1, 0.15) is 17.7 Å². The van der Waals surface area contributed by atoms with E-state index in [-0.39, 0.29) is 17.5 Å². The highest BCUT2D eigenvalue weighted by Gasteiger charge is 2.50. The number of hydrogen-bond acceptors (Lipinski definition) is 9. The third-order valence-electron chi connectivity index (χ3n) is 8.00. The van der Waals surface area contributed by atoms with Crippen molar-refractivity contribution in [3.05, 3.63) is 36.2 Å². The van der Waals surface area contributed by atoms with Gasteiger partial charge in [-0.3, -0.25) is 9.69 Å². The minimum absolute atomic E-state index is 0.0331. The van der Waals surface area contributed by atoms with Gasteiger partial charge in [-0.1, -0.05) is 25.0 Å². The number of aliphatic hydroxyl groups is 1. The standard InChI is InChI=1S/C27H36N8O2/c1-26(2,37)18-33-11-13-34(14-12-33)20-6-8-22(28-16-20)31-25-29-15-19-5-7-21-24(36)30-17-27(9-3-4-10-27)35(21)23(19)32-25/h5-8,15-16,21,37H,3-4,9-14,17-18H2,1-2H3,(H,30,36)(H,28,29,31,32). The first-order valence-corrected chi connectivity index (χ1v) is 13.3. The van der Waals surface area contributed by atoms with Crippen molar-refractivity contribution in [2.45, 2.75) is 56.7 Å². The van der Waals surface area contributed by atoms with Gasteiger partial charge < -0.3 is 25.5 Å². The van der Waals surface area contributed by atoms with E-state index in [9.17, 15) is 9.90 Å². The Morgan fingerprint density at radius 2 is 1.92 bits per heavy atom. The number of nitrogens with zero attached hydrogens (tertiary/aromatic N) is 6. The summed E-state index contributed by atoms with van der Waals surface area (Å²) in [4.78, 5) is 33.6. The van der Waals surface area contributed by atoms with Crippen LogP contribution in [0, 0.1) is 0 Å². The fourth-order valence-corrected chi connectivity index (χ4v) is 6.26. The third kappa shape index (κ3) is 4.75. The van der Waals surface area contributed by atoms with Crippen LogP contribution in [-0.4, -0.2) is 87.3 Å². The van der Waals surface area contributed by atoms with Crippen molar-refractivity contribution < 1.29 is 9.90 Å². The van der Waals surface area contributed by atoms with Crippen LogP contribution in [0.5, 0.6) is 0 Å². The number of β-amino-alcohol motifs (C(OH)–C–C–N with tert-alkyl or cyclic N) is 1. The lowest BCUT2D eigenvalue weighted by atomic mass is 9.87. The molecule has 37 heavy (non-hydrogen) atoms. The highest BCUT2D eigenvalue weighted by molar-refractivity contribution is 5.93. The number of hydrogen-bond donors (Lipinski definition) is 3. The Balaban J connectivity index is 1.16. The molecule has 1 atom stereocenters. The molecule has 3 aliphatic heterocycles. The molecule has 1 unspecified atom stereocenters. The van der Waals surface area contributed by atoms with Crippen molar-refractivity contribution in [1.29, 1.82) is 0 Å². The summed E-state index contributed by atoms with van der Waals surface area (Å²) >= 11 is 0. The number of carbonyl (C=O) groups is 1. The molecule has 5 heterocycles. The van der Waals surface area contributed by atoms with E-state index in [4.69, 9.17) is 4.98 Å². The number of nitrogens with one attached hydrogen (secondary N) is 2. The molecule has 2 aromatic heterocycles. The molecule has 2 saturated heterocycles. The average Bonchev–Trinajstić information content (AvgIpc) is 3.35. The molecule has 196 valence electrons. The van der Waals surface area contributed by atoms with Gasteiger partial charge in [0.05, 0.1) is 23.0 Å². The first kappa shape index (κ1) is 24.1. The van der Waals surface area contributed by atoms with Crippen molar-refractivity contribution in [2.75, 3.05) is 54.4 Å². The quantitative estimate of drug-likeness (QED) is 0.564. The first-order valence-electron chi connectivity index (χ1n) is 13.3. The Labute approximate surface area is 217 Å². The van der Waals surface area contributed by atoms with Gasteiger partial charge in [-0.15, -0.1) is 0 Å². The predicted molar refractivity (Wildman–Crippen MR) is 144 cm³/mol. The Hall–Kier alpha value is -3.24. The fourth-order valence-electron chi connectivity index (χ4n) is 6.26. The number of carbonyl (C=O) groups excluding carboxylic acids is 1. The summed E-state index contributed by atoms with van der Waals surface area (Å²) in [6.45, 7) is 8.69. The smallest absolute Gasteiger partial charge is 0.246 e. The van der Waals surface area contributed by atoms with E-state index in [0.29, 0.717) is 24.9 Å². The third-order valence-corrected chi connectivity index (χ3v) is 8.00. The molecule has 4 aliphatic rings. The van der Waals surface area contributed by atoms with Crippen molar-refractivity contribution in [3.8, 4) is 0 Å². The highest BCUT2D eigenvalue weighted by atomic mass is 16.3. The minimum Gasteiger partial charge on any atom is -0.389 e. The van der Waals surface area contributed by atoms with Crippen LogP contribution in [0.3, 0.4) is 0 Å². The van der Waals surface area contributed by atoms with Gasteiger partial charge in [0.25, 0.3) is 0 Å². The summed E-state index contributed by atoms with van der Waals surface area (Å²) in [5.41, 5.74) is 1.26. The van der Waals surface area contributed by atoms with E-state index in [2.05, 4.69) is 41.4 Å². The van der Waals surface area contributed by atoms with Gasteiger partial charge in [0, 0.05) is 51.0 Å². The Bertz CT molecular complexity index is 1180. The number of piperazine rings is 2. The van der Waals surface area contributed by atoms with Crippen LogP contribution in [0.2, 0.25) is 0 Å². The highest BCUT2D eigenvalue weighted by Crippen LogP contribution is 2.43. The van der Waals surface area contributed by atoms with E-state index in [1.54, 1.807) is 0 Å². The molecular weight excluding hydrogens is 468 g/mol. The molecule has 0 aromatic carbocycles. The molecule has 3 fully saturated rings. The molecule has 0 bridgehead atoms. The molecule has 1 amide bonds. The summed E-state index contributed by atoms with van der Waals surface area (Å²) in [6.07, 6.45) is 12.1. The molecule has 10 heteroatoms. The lowest BCUT2D eigenvalue weighted by molar-refractivity contribution is -0.123. The van der Waals surface area contributed by atoms with Gasteiger partial charge >= 0.3 is 0 Å². The van der Waals surface area contributed by atoms with Gasteiger partial charge in [-0.2, -0.15) is 4.98 Å². The van der Waals surface area contributed by atoms with Crippen LogP contribution >= 0.6 is 0 Å². The predicted octanol–water partition coefficient (Wildman–Crippen LogP) is 2.15. The van der Waals surface area contributed by atoms with Crippen LogP contribution in [0.15, 0.2) is 30.6 Å². The zero-order chi connectivity index (χ0) is 25.6. The van der Waals surface area contributed by atoms with Gasteiger partial charge in [-0.25, -0.2) is 9.97 Å². The zero-order valence-electron chi connectivity index (χ0n) is 21.7. The second-order valence-corrected chi connectivity index (χ2v) is 11.4. The van der Waals surface area contributed by atoms with Crippen LogP contribution in [0.4, 0.5) is 23.3 Å². The van der Waals surface area contributed by atoms with E-state index in [1.165, 1.54) is 12.8 Å². The number of amides is 1. The van der Waals surface area contributed by atoms with Crippen LogP contribution in [0.25, 0.3) is 6.08 Å². The topological polar surface area (TPSA) is 110 Å². The van der Waals surface area contributed by atoms with Gasteiger partial charge in [-0.05, 0) is 38.8 Å². The molecule has 1 spiro atoms. The minimum atomic E-state index is -0.675. The van der Waals surface area contributed by atoms with Crippen molar-refractivity contribution in [1.82, 2.24) is 25.2 Å². The number of pyridine rings is 1. The summed E-state index contributed by atoms with van der Waals surface area (Å²) in [5, 5.41) is 16.5. The maximum Gasteiger partial charge on any atom is 0.246 e. The first-order chi connectivity index (χ1) is 17.8. The van der Waals surface area contributed by atoms with Crippen molar-refractivity contribution >= 4 is 35.3 Å². The number of aromatic nitrogens is 3. The van der Waals surface area contributed by atoms with Crippen LogP contribution in [0.1, 0.15) is 45.1 Å². The lowest BCUT2D eigenvalue weighted by Gasteiger charge is -2.50. The fraction of sp³-hybridized carbons (Fsp3) is 0.556. The summed E-state index contributed by atoms with van der Waals surface area (Å²) in [6, 6.07) is 3.70. The van der Waals surface area contributed by atoms with E-state index < -0.39 is 5.60 Å². The normalized spacial score (nSPS) is 23.1. The molecule has 1 saturated carbocycles. The number of fused-ring (bicyclic) bond motifs is 4. The Kier molecular flexibility index (Phi) is 6.03. The number of anilines is 4. The van der Waals surface area contributed by atoms with Gasteiger partial charge in [0.15, 0.2) is 0 Å². The lowest BCUT2D eigenvalue weighted by Crippen LogP contribution is -2.67. The monoisotopic (exact) mass is 504 g/mol. The molecular formula is C27H36N8O2. The van der Waals surface area contributed by atoms with E-state index in [1.807, 2.05) is 44.5 Å². The molecule has 3 N–H and O–H groups in total. The molecule has 2 aromatic rings. The van der Waals surface area contributed by atoms with E-state index >= 15 is 0 Å². The van der Waals surface area contributed by atoms with Crippen LogP contribution in [-0.2, 0) is 4.79 Å². The maximum atomic E-state index is 12.7. The van der Waals surface area contributed by atoms with Crippen molar-refractivity contribution in [3.63, 3.8) is 0 Å². The zero-order valence-corrected chi connectivity index (χ0v) is 21.7. The molecule has 6 rings (SSSR count). The second-order valence-electron chi connectivity index (χ2n) is 11.4. The maximum absolute atomic E-state index is 12.7. The Morgan fingerprint density at radius 1 is 1.14 bits per heavy atom. The molecule has 10 nitrogen and oxygen atoms in total. The Morgan fingerprint density at radius 3 is 2.62 bits per heavy atom. The summed E-state index contributed by atoms with van der Waals surface area (Å²) in [7, 11) is 0.